The molecule has 170 valence electrons. The van der Waals surface area contributed by atoms with Crippen molar-refractivity contribution in [2.45, 2.75) is 12.8 Å². The number of nitrogens with one attached hydrogen (secondary N) is 1. The number of hydrogen-bond donors (Lipinski definition) is 1. The van der Waals surface area contributed by atoms with Crippen LogP contribution in [0.4, 0.5) is 23.7 Å². The van der Waals surface area contributed by atoms with E-state index in [9.17, 15) is 18.0 Å². The largest absolute Gasteiger partial charge is 0.439 e. The number of ether oxygens (including phenoxy) is 1. The molecular formula is C22H17F3N4O3S. The molecule has 33 heavy (non-hydrogen) atoms. The second kappa shape index (κ2) is 9.51. The monoisotopic (exact) mass is 474 g/mol. The van der Waals surface area contributed by atoms with Gasteiger partial charge in [0.15, 0.2) is 0 Å². The van der Waals surface area contributed by atoms with E-state index in [1.54, 1.807) is 36.6 Å². The summed E-state index contributed by atoms with van der Waals surface area (Å²) in [4.78, 5) is 20.8. The highest BCUT2D eigenvalue weighted by Gasteiger charge is 2.30. The maximum atomic E-state index is 12.9. The van der Waals surface area contributed by atoms with Crippen molar-refractivity contribution in [2.24, 2.45) is 0 Å². The normalized spacial score (nSPS) is 11.5. The van der Waals surface area contributed by atoms with Gasteiger partial charge in [0.2, 0.25) is 5.88 Å². The number of carbonyl (C=O) groups is 1. The smallest absolute Gasteiger partial charge is 0.416 e. The molecule has 0 bridgehead atoms. The van der Waals surface area contributed by atoms with Gasteiger partial charge in [-0.1, -0.05) is 6.07 Å². The van der Waals surface area contributed by atoms with E-state index < -0.39 is 17.8 Å². The Balaban J connectivity index is 1.51. The quantitative estimate of drug-likeness (QED) is 0.340. The van der Waals surface area contributed by atoms with E-state index in [2.05, 4.69) is 15.3 Å². The second-order valence-electron chi connectivity index (χ2n) is 6.79. The third-order valence-corrected chi connectivity index (χ3v) is 4.92. The number of rotatable bonds is 6. The molecule has 11 heteroatoms. The van der Waals surface area contributed by atoms with Crippen LogP contribution in [0.1, 0.15) is 11.3 Å². The maximum Gasteiger partial charge on any atom is 0.416 e. The van der Waals surface area contributed by atoms with Gasteiger partial charge in [-0.05, 0) is 54.5 Å². The van der Waals surface area contributed by atoms with Gasteiger partial charge in [-0.25, -0.2) is 14.8 Å². The topological polar surface area (TPSA) is 78.3 Å². The molecule has 0 fully saturated rings. The Bertz CT molecular complexity index is 1290. The zero-order valence-corrected chi connectivity index (χ0v) is 18.0. The summed E-state index contributed by atoms with van der Waals surface area (Å²) in [6.45, 7) is 0.308. The van der Waals surface area contributed by atoms with Crippen molar-refractivity contribution < 1.29 is 26.9 Å². The summed E-state index contributed by atoms with van der Waals surface area (Å²) in [5, 5.41) is 3.19. The fraction of sp³-hybridized carbons (Fsp3) is 0.136. The number of nitrogens with zero attached hydrogens (tertiary/aromatic N) is 3. The van der Waals surface area contributed by atoms with E-state index in [0.717, 1.165) is 12.1 Å². The number of aromatic nitrogens is 3. The molecule has 0 radical (unpaired) electrons. The first-order valence-corrected chi connectivity index (χ1v) is 10.7. The second-order valence-corrected chi connectivity index (χ2v) is 7.36. The fourth-order valence-corrected chi connectivity index (χ4v) is 3.31. The van der Waals surface area contributed by atoms with Crippen LogP contribution in [0.15, 0.2) is 67.1 Å². The lowest BCUT2D eigenvalue weighted by atomic mass is 10.2. The third kappa shape index (κ3) is 5.44. The summed E-state index contributed by atoms with van der Waals surface area (Å²) in [5.41, 5.74) is 0.422. The number of hydrogen-bond acceptors (Lipinski definition) is 6. The lowest BCUT2D eigenvalue weighted by molar-refractivity contribution is -0.137. The van der Waals surface area contributed by atoms with Crippen molar-refractivity contribution in [3.8, 4) is 11.6 Å². The van der Waals surface area contributed by atoms with E-state index in [1.807, 2.05) is 0 Å². The van der Waals surface area contributed by atoms with Gasteiger partial charge in [0.05, 0.1) is 16.8 Å². The SMILES string of the molecule is CSOCc1cc(Oc2ccc3c(ccn3C(=O)Nc3cccc(C(F)(F)F)c3)c2)ncn1. The van der Waals surface area contributed by atoms with Crippen molar-refractivity contribution >= 4 is 34.7 Å². The van der Waals surface area contributed by atoms with Crippen LogP contribution in [0.25, 0.3) is 10.9 Å². The molecule has 1 N–H and O–H groups in total. The fourth-order valence-electron chi connectivity index (χ4n) is 3.07. The van der Waals surface area contributed by atoms with Crippen LogP contribution in [0.2, 0.25) is 0 Å². The number of benzene rings is 2. The first kappa shape index (κ1) is 22.6. The Labute approximate surface area is 190 Å². The molecule has 0 saturated heterocycles. The lowest BCUT2D eigenvalue weighted by Crippen LogP contribution is -2.18. The first-order chi connectivity index (χ1) is 15.8. The van der Waals surface area contributed by atoms with Gasteiger partial charge in [0, 0.05) is 29.6 Å². The molecular weight excluding hydrogens is 457 g/mol. The molecule has 7 nitrogen and oxygen atoms in total. The highest BCUT2D eigenvalue weighted by Crippen LogP contribution is 2.31. The van der Waals surface area contributed by atoms with E-state index in [1.165, 1.54) is 41.3 Å². The molecule has 2 heterocycles. The van der Waals surface area contributed by atoms with Gasteiger partial charge in [-0.2, -0.15) is 13.2 Å². The number of alkyl halides is 3. The van der Waals surface area contributed by atoms with Crippen LogP contribution in [-0.4, -0.2) is 26.8 Å². The van der Waals surface area contributed by atoms with Gasteiger partial charge in [-0.3, -0.25) is 4.57 Å². The number of anilines is 1. The molecule has 0 saturated carbocycles. The number of amides is 1. The number of carbonyl (C=O) groups excluding carboxylic acids is 1. The Morgan fingerprint density at radius 1 is 1.12 bits per heavy atom. The summed E-state index contributed by atoms with van der Waals surface area (Å²) in [6, 6.07) is 12.3. The summed E-state index contributed by atoms with van der Waals surface area (Å²) >= 11 is 1.23. The van der Waals surface area contributed by atoms with E-state index in [4.69, 9.17) is 8.92 Å². The molecule has 0 spiro atoms. The van der Waals surface area contributed by atoms with Crippen LogP contribution in [0.5, 0.6) is 11.6 Å². The molecule has 2 aromatic carbocycles. The first-order valence-electron chi connectivity index (χ1n) is 9.57. The Morgan fingerprint density at radius 3 is 2.76 bits per heavy atom. The minimum atomic E-state index is -4.50. The van der Waals surface area contributed by atoms with Gasteiger partial charge in [0.25, 0.3) is 0 Å². The Kier molecular flexibility index (Phi) is 6.52. The molecule has 0 atom stereocenters. The van der Waals surface area contributed by atoms with Crippen molar-refractivity contribution in [2.75, 3.05) is 11.6 Å². The van der Waals surface area contributed by atoms with Gasteiger partial charge >= 0.3 is 12.2 Å². The minimum Gasteiger partial charge on any atom is -0.439 e. The highest BCUT2D eigenvalue weighted by atomic mass is 32.2. The molecule has 0 aliphatic carbocycles. The van der Waals surface area contributed by atoms with E-state index in [0.29, 0.717) is 34.8 Å². The summed E-state index contributed by atoms with van der Waals surface area (Å²) in [6.07, 6.45) is 0.213. The predicted molar refractivity (Wildman–Crippen MR) is 118 cm³/mol. The van der Waals surface area contributed by atoms with Crippen molar-refractivity contribution in [3.63, 3.8) is 0 Å². The van der Waals surface area contributed by atoms with E-state index >= 15 is 0 Å². The molecule has 4 aromatic rings. The highest BCUT2D eigenvalue weighted by molar-refractivity contribution is 7.93. The third-order valence-electron chi connectivity index (χ3n) is 4.57. The number of fused-ring (bicyclic) bond motifs is 1. The van der Waals surface area contributed by atoms with Gasteiger partial charge < -0.3 is 14.2 Å². The molecule has 4 rings (SSSR count). The predicted octanol–water partition coefficient (Wildman–Crippen LogP) is 6.12. The Hall–Kier alpha value is -3.57. The van der Waals surface area contributed by atoms with Crippen LogP contribution < -0.4 is 10.1 Å². The van der Waals surface area contributed by atoms with Gasteiger partial charge in [0.1, 0.15) is 18.7 Å². The summed E-state index contributed by atoms with van der Waals surface area (Å²) < 4.78 is 51.1. The zero-order chi connectivity index (χ0) is 23.4. The van der Waals surface area contributed by atoms with E-state index in [-0.39, 0.29) is 5.69 Å². The minimum absolute atomic E-state index is 0.0432. The van der Waals surface area contributed by atoms with Crippen LogP contribution in [0.3, 0.4) is 0 Å². The molecule has 0 aliphatic heterocycles. The number of halogens is 3. The average Bonchev–Trinajstić information content (AvgIpc) is 3.21. The maximum absolute atomic E-state index is 12.9. The van der Waals surface area contributed by atoms with Gasteiger partial charge in [-0.15, -0.1) is 0 Å². The van der Waals surface area contributed by atoms with Crippen molar-refractivity contribution in [3.05, 3.63) is 78.4 Å². The zero-order valence-electron chi connectivity index (χ0n) is 17.2. The van der Waals surface area contributed by atoms with Crippen LogP contribution in [0, 0.1) is 0 Å². The standard InChI is InChI=1S/C22H17F3N4O3S/c1-33-31-12-17-11-20(27-13-26-17)32-18-5-6-19-14(9-18)7-8-29(19)21(30)28-16-4-2-3-15(10-16)22(23,24)25/h2-11,13H,12H2,1H3,(H,28,30). The molecule has 2 aromatic heterocycles. The molecule has 0 aliphatic rings. The molecule has 0 unspecified atom stereocenters. The summed E-state index contributed by atoms with van der Waals surface area (Å²) in [7, 11) is 0. The molecule has 1 amide bonds. The lowest BCUT2D eigenvalue weighted by Gasteiger charge is -2.11. The van der Waals surface area contributed by atoms with Crippen molar-refractivity contribution in [1.29, 1.82) is 0 Å². The Morgan fingerprint density at radius 2 is 1.97 bits per heavy atom. The van der Waals surface area contributed by atoms with Crippen LogP contribution >= 0.6 is 12.0 Å². The van der Waals surface area contributed by atoms with Crippen molar-refractivity contribution in [1.82, 2.24) is 14.5 Å². The average molecular weight is 474 g/mol. The summed E-state index contributed by atoms with van der Waals surface area (Å²) in [5.74, 6) is 0.833. The van der Waals surface area contributed by atoms with Crippen LogP contribution in [-0.2, 0) is 17.0 Å².